The van der Waals surface area contributed by atoms with E-state index in [1.54, 1.807) is 0 Å². The van der Waals surface area contributed by atoms with Crippen LogP contribution in [0.3, 0.4) is 0 Å². The first-order valence-electron chi connectivity index (χ1n) is 11.1. The molecule has 29 heavy (non-hydrogen) atoms. The lowest BCUT2D eigenvalue weighted by molar-refractivity contribution is 0.747. The molecule has 0 amide bonds. The minimum atomic E-state index is 0.651. The molecular weight excluding hydrogens is 352 g/mol. The van der Waals surface area contributed by atoms with Gasteiger partial charge in [-0.25, -0.2) is 0 Å². The number of aliphatic imine (C=N–C) groups is 1. The maximum atomic E-state index is 4.99. The minimum absolute atomic E-state index is 0.651. The van der Waals surface area contributed by atoms with Gasteiger partial charge in [0, 0.05) is 29.1 Å². The molecule has 1 N–H and O–H groups in total. The van der Waals surface area contributed by atoms with E-state index in [0.29, 0.717) is 5.92 Å². The third-order valence-electron chi connectivity index (χ3n) is 6.25. The zero-order chi connectivity index (χ0) is 20.4. The predicted octanol–water partition coefficient (Wildman–Crippen LogP) is 7.89. The van der Waals surface area contributed by atoms with E-state index in [1.807, 2.05) is 0 Å². The Morgan fingerprint density at radius 3 is 2.83 bits per heavy atom. The molecule has 2 aromatic carbocycles. The number of aryl methyl sites for hydroxylation is 1. The molecule has 0 spiro atoms. The quantitative estimate of drug-likeness (QED) is 0.538. The Kier molecular flexibility index (Phi) is 5.71. The third-order valence-corrected chi connectivity index (χ3v) is 6.25. The molecule has 4 rings (SSSR count). The second-order valence-electron chi connectivity index (χ2n) is 8.49. The fraction of sp³-hybridized carbons (Fsp3) is 0.370. The number of nitrogens with one attached hydrogen (secondary N) is 1. The Balaban J connectivity index is 1.59. The van der Waals surface area contributed by atoms with E-state index in [-0.39, 0.29) is 0 Å². The van der Waals surface area contributed by atoms with Crippen LogP contribution < -0.4 is 5.32 Å². The van der Waals surface area contributed by atoms with Gasteiger partial charge in [0.1, 0.15) is 0 Å². The van der Waals surface area contributed by atoms with Gasteiger partial charge in [0.15, 0.2) is 0 Å². The summed E-state index contributed by atoms with van der Waals surface area (Å²) < 4.78 is 0. The summed E-state index contributed by atoms with van der Waals surface area (Å²) in [5.74, 6) is 0.651. The summed E-state index contributed by atoms with van der Waals surface area (Å²) in [6.45, 7) is 11.1. The van der Waals surface area contributed by atoms with Gasteiger partial charge in [-0.15, -0.1) is 0 Å². The van der Waals surface area contributed by atoms with Gasteiger partial charge in [0.2, 0.25) is 0 Å². The highest BCUT2D eigenvalue weighted by Gasteiger charge is 2.19. The van der Waals surface area contributed by atoms with Crippen LogP contribution in [0.4, 0.5) is 11.4 Å². The maximum Gasteiger partial charge on any atom is 0.0708 e. The molecule has 2 nitrogen and oxygen atoms in total. The number of fused-ring (bicyclic) bond motifs is 2. The molecule has 2 aliphatic rings. The average Bonchev–Trinajstić information content (AvgIpc) is 2.98. The number of nitrogens with zero attached hydrogens (tertiary/aromatic N) is 1. The van der Waals surface area contributed by atoms with Crippen molar-refractivity contribution in [1.82, 2.24) is 0 Å². The van der Waals surface area contributed by atoms with Crippen LogP contribution >= 0.6 is 0 Å². The predicted molar refractivity (Wildman–Crippen MR) is 127 cm³/mol. The third kappa shape index (κ3) is 4.22. The minimum Gasteiger partial charge on any atom is -0.356 e. The van der Waals surface area contributed by atoms with E-state index in [0.717, 1.165) is 41.9 Å². The van der Waals surface area contributed by atoms with Crippen LogP contribution in [0, 0.1) is 0 Å². The molecule has 0 saturated heterocycles. The first-order valence-corrected chi connectivity index (χ1v) is 11.1. The second-order valence-corrected chi connectivity index (χ2v) is 8.49. The molecule has 0 aromatic heterocycles. The maximum absolute atomic E-state index is 4.99. The van der Waals surface area contributed by atoms with Crippen molar-refractivity contribution in [2.45, 2.75) is 65.2 Å². The molecule has 0 saturated carbocycles. The molecule has 1 atom stereocenters. The molecule has 150 valence electrons. The van der Waals surface area contributed by atoms with Crippen molar-refractivity contribution in [3.8, 4) is 0 Å². The monoisotopic (exact) mass is 384 g/mol. The fourth-order valence-corrected chi connectivity index (χ4v) is 4.51. The lowest BCUT2D eigenvalue weighted by Gasteiger charge is -2.14. The Bertz CT molecular complexity index is 994. The summed E-state index contributed by atoms with van der Waals surface area (Å²) >= 11 is 0. The van der Waals surface area contributed by atoms with Crippen LogP contribution in [0.1, 0.15) is 81.0 Å². The molecule has 1 aliphatic carbocycles. The summed E-state index contributed by atoms with van der Waals surface area (Å²) in [6.07, 6.45) is 9.12. The van der Waals surface area contributed by atoms with Gasteiger partial charge in [0.05, 0.1) is 5.69 Å². The van der Waals surface area contributed by atoms with Gasteiger partial charge in [-0.1, -0.05) is 63.6 Å². The number of rotatable bonds is 6. The Morgan fingerprint density at radius 1 is 1.17 bits per heavy atom. The van der Waals surface area contributed by atoms with E-state index in [9.17, 15) is 0 Å². The Morgan fingerprint density at radius 2 is 2.03 bits per heavy atom. The molecule has 0 radical (unpaired) electrons. The van der Waals surface area contributed by atoms with Crippen molar-refractivity contribution in [1.29, 1.82) is 0 Å². The summed E-state index contributed by atoms with van der Waals surface area (Å²) in [7, 11) is 0. The molecule has 1 unspecified atom stereocenters. The van der Waals surface area contributed by atoms with Gasteiger partial charge in [0.25, 0.3) is 0 Å². The van der Waals surface area contributed by atoms with Crippen molar-refractivity contribution in [3.05, 3.63) is 70.8 Å². The summed E-state index contributed by atoms with van der Waals surface area (Å²) in [4.78, 5) is 4.99. The molecular formula is C27H32N2. The lowest BCUT2D eigenvalue weighted by Crippen LogP contribution is -1.99. The van der Waals surface area contributed by atoms with Gasteiger partial charge < -0.3 is 5.32 Å². The first-order chi connectivity index (χ1) is 14.1. The van der Waals surface area contributed by atoms with Gasteiger partial charge >= 0.3 is 0 Å². The largest absolute Gasteiger partial charge is 0.356 e. The van der Waals surface area contributed by atoms with E-state index >= 15 is 0 Å². The van der Waals surface area contributed by atoms with Crippen molar-refractivity contribution >= 4 is 28.9 Å². The SMILES string of the molecule is C=C(Nc1ccc2c(c1)C(C)CC2)c1ccc2c(c1)N=C(CC)CC(CCC)=C2. The molecule has 0 bridgehead atoms. The number of anilines is 1. The average molecular weight is 385 g/mol. The van der Waals surface area contributed by atoms with Gasteiger partial charge in [-0.2, -0.15) is 0 Å². The first kappa shape index (κ1) is 19.7. The summed E-state index contributed by atoms with van der Waals surface area (Å²) in [5.41, 5.74) is 11.2. The number of allylic oxidation sites excluding steroid dienone is 1. The van der Waals surface area contributed by atoms with Crippen molar-refractivity contribution in [2.75, 3.05) is 5.32 Å². The van der Waals surface area contributed by atoms with Crippen LogP contribution in [-0.2, 0) is 6.42 Å². The highest BCUT2D eigenvalue weighted by Crippen LogP contribution is 2.36. The fourth-order valence-electron chi connectivity index (χ4n) is 4.51. The smallest absolute Gasteiger partial charge is 0.0708 e. The van der Waals surface area contributed by atoms with Crippen molar-refractivity contribution < 1.29 is 0 Å². The number of benzene rings is 2. The zero-order valence-electron chi connectivity index (χ0n) is 18.0. The van der Waals surface area contributed by atoms with Crippen LogP contribution in [-0.4, -0.2) is 5.71 Å². The van der Waals surface area contributed by atoms with E-state index in [2.05, 4.69) is 75.1 Å². The highest BCUT2D eigenvalue weighted by atomic mass is 14.9. The standard InChI is InChI=1S/C27H32N2/c1-5-7-20-14-23-11-10-22(16-27(23)29-24(6-2)15-20)19(4)28-25-13-12-21-9-8-18(3)26(21)17-25/h10-14,16-18,28H,4-9,15H2,1-3H3. The molecule has 1 aliphatic heterocycles. The van der Waals surface area contributed by atoms with Gasteiger partial charge in [-0.3, -0.25) is 4.99 Å². The lowest BCUT2D eigenvalue weighted by atomic mass is 10.00. The Labute approximate surface area is 175 Å². The molecule has 2 aromatic rings. The zero-order valence-corrected chi connectivity index (χ0v) is 18.0. The summed E-state index contributed by atoms with van der Waals surface area (Å²) in [5, 5.41) is 3.53. The van der Waals surface area contributed by atoms with Crippen molar-refractivity contribution in [3.63, 3.8) is 0 Å². The van der Waals surface area contributed by atoms with E-state index in [4.69, 9.17) is 4.99 Å². The molecule has 2 heteroatoms. The van der Waals surface area contributed by atoms with Gasteiger partial charge in [-0.05, 0) is 66.5 Å². The highest BCUT2D eigenvalue weighted by molar-refractivity contribution is 5.93. The number of hydrogen-bond acceptors (Lipinski definition) is 2. The second kappa shape index (κ2) is 8.41. The summed E-state index contributed by atoms with van der Waals surface area (Å²) in [6, 6.07) is 13.3. The Hall–Kier alpha value is -2.61. The van der Waals surface area contributed by atoms with E-state index < -0.39 is 0 Å². The van der Waals surface area contributed by atoms with Crippen LogP contribution in [0.2, 0.25) is 0 Å². The normalized spacial score (nSPS) is 17.7. The topological polar surface area (TPSA) is 24.4 Å². The molecule has 0 fully saturated rings. The number of hydrogen-bond donors (Lipinski definition) is 1. The van der Waals surface area contributed by atoms with Crippen LogP contribution in [0.15, 0.2) is 53.5 Å². The molecule has 1 heterocycles. The van der Waals surface area contributed by atoms with E-state index in [1.165, 1.54) is 47.2 Å². The van der Waals surface area contributed by atoms with Crippen molar-refractivity contribution in [2.24, 2.45) is 4.99 Å². The van der Waals surface area contributed by atoms with Crippen LogP contribution in [0.5, 0.6) is 0 Å². The van der Waals surface area contributed by atoms with Crippen LogP contribution in [0.25, 0.3) is 11.8 Å².